The highest BCUT2D eigenvalue weighted by Gasteiger charge is 2.12. The van der Waals surface area contributed by atoms with Crippen LogP contribution in [0.4, 0.5) is 11.5 Å². The van der Waals surface area contributed by atoms with Gasteiger partial charge in [0, 0.05) is 16.6 Å². The van der Waals surface area contributed by atoms with Crippen molar-refractivity contribution in [3.8, 4) is 11.6 Å². The molecular weight excluding hydrogens is 362 g/mol. The maximum atomic E-state index is 10.8. The van der Waals surface area contributed by atoms with Gasteiger partial charge in [-0.15, -0.1) is 0 Å². The monoisotopic (exact) mass is 371 g/mol. The Bertz CT molecular complexity index is 663. The fraction of sp³-hybridized carbons (Fsp3) is 0.0909. The quantitative estimate of drug-likeness (QED) is 0.271. The van der Waals surface area contributed by atoms with E-state index < -0.39 is 4.92 Å². The van der Waals surface area contributed by atoms with E-state index in [1.807, 2.05) is 6.26 Å². The third kappa shape index (κ3) is 4.03. The summed E-state index contributed by atoms with van der Waals surface area (Å²) in [4.78, 5) is 18.6. The van der Waals surface area contributed by atoms with Crippen molar-refractivity contribution in [2.24, 2.45) is 5.84 Å². The summed E-state index contributed by atoms with van der Waals surface area (Å²) in [6.45, 7) is 0. The van der Waals surface area contributed by atoms with Crippen molar-refractivity contribution < 1.29 is 9.66 Å². The van der Waals surface area contributed by atoms with Gasteiger partial charge in [-0.25, -0.2) is 10.8 Å². The van der Waals surface area contributed by atoms with Gasteiger partial charge in [0.15, 0.2) is 5.16 Å². The van der Waals surface area contributed by atoms with Crippen LogP contribution >= 0.6 is 27.7 Å². The summed E-state index contributed by atoms with van der Waals surface area (Å²) in [5.41, 5.74) is 2.32. The van der Waals surface area contributed by atoms with Crippen LogP contribution in [0.5, 0.6) is 11.6 Å². The second-order valence-corrected chi connectivity index (χ2v) is 5.42. The number of halogens is 1. The molecule has 0 saturated heterocycles. The Hall–Kier alpha value is -1.91. The second-order valence-electron chi connectivity index (χ2n) is 3.73. The molecule has 0 saturated carbocycles. The molecule has 10 heteroatoms. The van der Waals surface area contributed by atoms with E-state index in [-0.39, 0.29) is 17.3 Å². The lowest BCUT2D eigenvalue weighted by Crippen LogP contribution is -2.09. The van der Waals surface area contributed by atoms with E-state index in [2.05, 4.69) is 31.3 Å². The lowest BCUT2D eigenvalue weighted by atomic mass is 10.3. The molecule has 1 aromatic heterocycles. The molecule has 0 amide bonds. The van der Waals surface area contributed by atoms with Gasteiger partial charge in [-0.2, -0.15) is 4.98 Å². The molecule has 2 aromatic rings. The van der Waals surface area contributed by atoms with E-state index in [1.54, 1.807) is 6.07 Å². The molecule has 21 heavy (non-hydrogen) atoms. The molecule has 0 aliphatic heterocycles. The van der Waals surface area contributed by atoms with Crippen LogP contribution in [0.2, 0.25) is 0 Å². The molecule has 0 spiro atoms. The number of nitrogens with two attached hydrogens (primary N) is 1. The van der Waals surface area contributed by atoms with Gasteiger partial charge >= 0.3 is 0 Å². The minimum atomic E-state index is -0.502. The lowest BCUT2D eigenvalue weighted by molar-refractivity contribution is -0.385. The first-order valence-electron chi connectivity index (χ1n) is 5.54. The molecule has 0 aliphatic rings. The largest absolute Gasteiger partial charge is 0.439 e. The number of hydrogen-bond donors (Lipinski definition) is 2. The number of thioether (sulfide) groups is 1. The number of hydrazine groups is 1. The number of anilines is 1. The maximum absolute atomic E-state index is 10.8. The summed E-state index contributed by atoms with van der Waals surface area (Å²) >= 11 is 4.52. The number of benzene rings is 1. The number of ether oxygens (including phenoxy) is 1. The van der Waals surface area contributed by atoms with Gasteiger partial charge in [-0.1, -0.05) is 27.7 Å². The van der Waals surface area contributed by atoms with E-state index in [0.717, 1.165) is 0 Å². The zero-order valence-corrected chi connectivity index (χ0v) is 13.1. The predicted molar refractivity (Wildman–Crippen MR) is 82.5 cm³/mol. The normalized spacial score (nSPS) is 10.2. The number of rotatable bonds is 5. The molecule has 0 aliphatic carbocycles. The molecule has 1 aromatic carbocycles. The van der Waals surface area contributed by atoms with Crippen molar-refractivity contribution in [3.05, 3.63) is 38.9 Å². The van der Waals surface area contributed by atoms with Crippen molar-refractivity contribution in [1.29, 1.82) is 0 Å². The first kappa shape index (κ1) is 15.5. The average molecular weight is 372 g/mol. The summed E-state index contributed by atoms with van der Waals surface area (Å²) < 4.78 is 6.07. The molecular formula is C11H10BrN5O3S. The molecule has 0 atom stereocenters. The highest BCUT2D eigenvalue weighted by atomic mass is 79.9. The van der Waals surface area contributed by atoms with Crippen molar-refractivity contribution >= 4 is 39.2 Å². The SMILES string of the molecule is CSc1nc(NN)cc(Oc2cc(Br)cc([N+](=O)[O-])c2)n1. The number of nitrogen functional groups attached to an aromatic ring is 1. The van der Waals surface area contributed by atoms with Gasteiger partial charge in [0.25, 0.3) is 5.69 Å². The highest BCUT2D eigenvalue weighted by Crippen LogP contribution is 2.30. The van der Waals surface area contributed by atoms with Crippen LogP contribution in [0.25, 0.3) is 0 Å². The fourth-order valence-corrected chi connectivity index (χ4v) is 2.29. The molecule has 110 valence electrons. The van der Waals surface area contributed by atoms with E-state index in [0.29, 0.717) is 15.4 Å². The zero-order valence-electron chi connectivity index (χ0n) is 10.7. The van der Waals surface area contributed by atoms with Crippen molar-refractivity contribution in [1.82, 2.24) is 9.97 Å². The number of non-ortho nitro benzene ring substituents is 1. The van der Waals surface area contributed by atoms with E-state index in [4.69, 9.17) is 10.6 Å². The molecule has 8 nitrogen and oxygen atoms in total. The number of nitrogens with one attached hydrogen (secondary N) is 1. The van der Waals surface area contributed by atoms with Crippen molar-refractivity contribution in [2.75, 3.05) is 11.7 Å². The topological polar surface area (TPSA) is 116 Å². The first-order valence-corrected chi connectivity index (χ1v) is 7.56. The molecule has 2 rings (SSSR count). The number of nitro benzene ring substituents is 1. The molecule has 0 radical (unpaired) electrons. The number of aromatic nitrogens is 2. The Labute approximate surface area is 132 Å². The molecule has 1 heterocycles. The van der Waals surface area contributed by atoms with Crippen LogP contribution in [0.3, 0.4) is 0 Å². The van der Waals surface area contributed by atoms with Gasteiger partial charge in [0.05, 0.1) is 11.0 Å². The van der Waals surface area contributed by atoms with Crippen LogP contribution in [-0.2, 0) is 0 Å². The molecule has 0 unspecified atom stereocenters. The fourth-order valence-electron chi connectivity index (χ4n) is 1.45. The minimum absolute atomic E-state index is 0.0873. The minimum Gasteiger partial charge on any atom is -0.439 e. The number of nitro groups is 1. The van der Waals surface area contributed by atoms with Crippen molar-refractivity contribution in [3.63, 3.8) is 0 Å². The summed E-state index contributed by atoms with van der Waals surface area (Å²) in [5.74, 6) is 6.22. The average Bonchev–Trinajstić information content (AvgIpc) is 2.46. The van der Waals surface area contributed by atoms with E-state index >= 15 is 0 Å². The standard InChI is InChI=1S/C11H10BrN5O3S/c1-21-11-14-9(16-13)5-10(15-11)20-8-3-6(12)2-7(4-8)17(18)19/h2-5H,13H2,1H3,(H,14,15,16). The van der Waals surface area contributed by atoms with Crippen LogP contribution in [0.1, 0.15) is 0 Å². The lowest BCUT2D eigenvalue weighted by Gasteiger charge is -2.08. The van der Waals surface area contributed by atoms with Crippen LogP contribution in [0.15, 0.2) is 33.9 Å². The molecule has 0 fully saturated rings. The third-order valence-corrected chi connectivity index (χ3v) is 3.31. The smallest absolute Gasteiger partial charge is 0.274 e. The Balaban J connectivity index is 2.35. The summed E-state index contributed by atoms with van der Waals surface area (Å²) in [7, 11) is 0. The Kier molecular flexibility index (Phi) is 4.94. The molecule has 3 N–H and O–H groups in total. The Morgan fingerprint density at radius 1 is 1.38 bits per heavy atom. The zero-order chi connectivity index (χ0) is 15.4. The third-order valence-electron chi connectivity index (χ3n) is 2.30. The number of hydrogen-bond acceptors (Lipinski definition) is 8. The van der Waals surface area contributed by atoms with Gasteiger partial charge < -0.3 is 10.2 Å². The Morgan fingerprint density at radius 3 is 2.76 bits per heavy atom. The van der Waals surface area contributed by atoms with E-state index in [9.17, 15) is 10.1 Å². The van der Waals surface area contributed by atoms with Gasteiger partial charge in [-0.3, -0.25) is 10.1 Å². The number of nitrogens with zero attached hydrogens (tertiary/aromatic N) is 3. The predicted octanol–water partition coefficient (Wildman–Crippen LogP) is 2.95. The van der Waals surface area contributed by atoms with Gasteiger partial charge in [0.1, 0.15) is 11.6 Å². The van der Waals surface area contributed by atoms with Crippen molar-refractivity contribution in [2.45, 2.75) is 5.16 Å². The molecule has 0 bridgehead atoms. The summed E-state index contributed by atoms with van der Waals surface area (Å²) in [6, 6.07) is 5.78. The van der Waals surface area contributed by atoms with Crippen LogP contribution in [-0.4, -0.2) is 21.1 Å². The highest BCUT2D eigenvalue weighted by molar-refractivity contribution is 9.10. The Morgan fingerprint density at radius 2 is 2.14 bits per heavy atom. The van der Waals surface area contributed by atoms with Crippen LogP contribution in [0, 0.1) is 10.1 Å². The van der Waals surface area contributed by atoms with Gasteiger partial charge in [0.2, 0.25) is 5.88 Å². The second kappa shape index (κ2) is 6.70. The summed E-state index contributed by atoms with van der Waals surface area (Å²) in [6.07, 6.45) is 1.81. The van der Waals surface area contributed by atoms with Gasteiger partial charge in [-0.05, 0) is 12.3 Å². The van der Waals surface area contributed by atoms with E-state index in [1.165, 1.54) is 30.0 Å². The van der Waals surface area contributed by atoms with Crippen LogP contribution < -0.4 is 16.0 Å². The maximum Gasteiger partial charge on any atom is 0.274 e. The summed E-state index contributed by atoms with van der Waals surface area (Å²) in [5, 5.41) is 11.3. The first-order chi connectivity index (χ1) is 10.0.